The highest BCUT2D eigenvalue weighted by molar-refractivity contribution is 8.27. The van der Waals surface area contributed by atoms with Gasteiger partial charge in [-0.3, -0.25) is 9.69 Å². The maximum absolute atomic E-state index is 12.7. The highest BCUT2D eigenvalue weighted by Crippen LogP contribution is 2.36. The number of thioether (sulfide) groups is 1. The van der Waals surface area contributed by atoms with E-state index < -0.39 is 0 Å². The van der Waals surface area contributed by atoms with E-state index in [1.165, 1.54) is 22.2 Å². The number of amides is 1. The average Bonchev–Trinajstić information content (AvgIpc) is 2.82. The van der Waals surface area contributed by atoms with Crippen molar-refractivity contribution in [1.82, 2.24) is 0 Å². The first-order valence-corrected chi connectivity index (χ1v) is 9.19. The molecule has 0 aromatic heterocycles. The normalized spacial score (nSPS) is 16.5. The predicted molar refractivity (Wildman–Crippen MR) is 108 cm³/mol. The van der Waals surface area contributed by atoms with Crippen LogP contribution in [0.3, 0.4) is 0 Å². The second-order valence-corrected chi connectivity index (χ2v) is 7.93. The summed E-state index contributed by atoms with van der Waals surface area (Å²) in [6.45, 7) is 4.32. The highest BCUT2D eigenvalue weighted by Gasteiger charge is 2.33. The highest BCUT2D eigenvalue weighted by atomic mass is 35.5. The Bertz CT molecular complexity index is 828. The van der Waals surface area contributed by atoms with Crippen LogP contribution in [-0.4, -0.2) is 10.2 Å². The van der Waals surface area contributed by atoms with E-state index in [0.717, 1.165) is 5.56 Å². The van der Waals surface area contributed by atoms with Gasteiger partial charge >= 0.3 is 0 Å². The summed E-state index contributed by atoms with van der Waals surface area (Å²) in [7, 11) is 0. The predicted octanol–water partition coefficient (Wildman–Crippen LogP) is 5.87. The summed E-state index contributed by atoms with van der Waals surface area (Å²) >= 11 is 12.7. The zero-order chi connectivity index (χ0) is 17.3. The molecule has 0 saturated carbocycles. The Morgan fingerprint density at radius 3 is 2.50 bits per heavy atom. The van der Waals surface area contributed by atoms with E-state index in [1.807, 2.05) is 30.3 Å². The maximum Gasteiger partial charge on any atom is 0.270 e. The van der Waals surface area contributed by atoms with Crippen molar-refractivity contribution in [3.05, 3.63) is 69.6 Å². The first kappa shape index (κ1) is 17.2. The molecule has 24 heavy (non-hydrogen) atoms. The molecule has 0 unspecified atom stereocenters. The fraction of sp³-hybridized carbons (Fsp3) is 0.158. The molecule has 1 amide bonds. The summed E-state index contributed by atoms with van der Waals surface area (Å²) in [5, 5.41) is 0.579. The first-order valence-electron chi connectivity index (χ1n) is 7.59. The molecule has 0 radical (unpaired) electrons. The lowest BCUT2D eigenvalue weighted by molar-refractivity contribution is -0.113. The van der Waals surface area contributed by atoms with Crippen molar-refractivity contribution in [3.8, 4) is 0 Å². The summed E-state index contributed by atoms with van der Waals surface area (Å²) < 4.78 is 0.521. The van der Waals surface area contributed by atoms with E-state index >= 15 is 0 Å². The lowest BCUT2D eigenvalue weighted by atomic mass is 10.0. The van der Waals surface area contributed by atoms with Gasteiger partial charge in [0.2, 0.25) is 0 Å². The van der Waals surface area contributed by atoms with Crippen molar-refractivity contribution >= 4 is 57.6 Å². The smallest absolute Gasteiger partial charge is 0.268 e. The summed E-state index contributed by atoms with van der Waals surface area (Å²) in [5.74, 6) is 0.375. The van der Waals surface area contributed by atoms with Gasteiger partial charge in [0.05, 0.1) is 10.6 Å². The molecule has 3 rings (SSSR count). The number of carbonyl (C=O) groups excluding carboxylic acids is 1. The number of benzene rings is 2. The Hall–Kier alpha value is -1.62. The van der Waals surface area contributed by atoms with E-state index in [4.69, 9.17) is 23.8 Å². The minimum Gasteiger partial charge on any atom is -0.268 e. The van der Waals surface area contributed by atoms with Crippen LogP contribution in [0.15, 0.2) is 53.4 Å². The molecule has 0 bridgehead atoms. The van der Waals surface area contributed by atoms with Gasteiger partial charge in [-0.1, -0.05) is 79.8 Å². The van der Waals surface area contributed by atoms with Gasteiger partial charge in [0.1, 0.15) is 0 Å². The van der Waals surface area contributed by atoms with Gasteiger partial charge < -0.3 is 0 Å². The zero-order valence-corrected chi connectivity index (χ0v) is 15.7. The van der Waals surface area contributed by atoms with Gasteiger partial charge in [0, 0.05) is 5.02 Å². The lowest BCUT2D eigenvalue weighted by Crippen LogP contribution is -2.27. The minimum absolute atomic E-state index is 0.111. The minimum atomic E-state index is -0.111. The van der Waals surface area contributed by atoms with Crippen LogP contribution in [0.25, 0.3) is 6.08 Å². The van der Waals surface area contributed by atoms with Crippen LogP contribution in [0, 0.1) is 0 Å². The van der Waals surface area contributed by atoms with Gasteiger partial charge in [0.15, 0.2) is 4.32 Å². The van der Waals surface area contributed by atoms with Gasteiger partial charge in [-0.25, -0.2) is 0 Å². The number of halogens is 1. The molecule has 0 aliphatic carbocycles. The number of anilines is 1. The standard InChI is InChI=1S/C19H16ClNOS2/c1-12(2)14-8-6-13(7-9-14)10-17-18(22)21(19(23)24-17)16-5-3-4-15(20)11-16/h3-12H,1-2H3/b17-10-. The number of thiocarbonyl (C=S) groups is 1. The molecule has 0 N–H and O–H groups in total. The summed E-state index contributed by atoms with van der Waals surface area (Å²) in [6.07, 6.45) is 1.88. The first-order chi connectivity index (χ1) is 11.5. The van der Waals surface area contributed by atoms with Crippen molar-refractivity contribution in [2.45, 2.75) is 19.8 Å². The van der Waals surface area contributed by atoms with Gasteiger partial charge in [-0.05, 0) is 41.3 Å². The van der Waals surface area contributed by atoms with Gasteiger partial charge in [0.25, 0.3) is 5.91 Å². The third-order valence-electron chi connectivity index (χ3n) is 3.76. The number of hydrogen-bond acceptors (Lipinski definition) is 3. The van der Waals surface area contributed by atoms with Crippen LogP contribution in [0.1, 0.15) is 30.9 Å². The van der Waals surface area contributed by atoms with E-state index in [9.17, 15) is 4.79 Å². The zero-order valence-electron chi connectivity index (χ0n) is 13.3. The number of carbonyl (C=O) groups is 1. The van der Waals surface area contributed by atoms with Crippen molar-refractivity contribution < 1.29 is 4.79 Å². The lowest BCUT2D eigenvalue weighted by Gasteiger charge is -2.14. The third-order valence-corrected chi connectivity index (χ3v) is 5.30. The fourth-order valence-electron chi connectivity index (χ4n) is 2.43. The van der Waals surface area contributed by atoms with E-state index in [2.05, 4.69) is 26.0 Å². The molecule has 2 nitrogen and oxygen atoms in total. The quantitative estimate of drug-likeness (QED) is 0.495. The molecular weight excluding hydrogens is 358 g/mol. The Morgan fingerprint density at radius 1 is 1.17 bits per heavy atom. The molecule has 2 aromatic rings. The second kappa shape index (κ2) is 7.09. The Labute approximate surface area is 156 Å². The van der Waals surface area contributed by atoms with Crippen molar-refractivity contribution in [2.24, 2.45) is 0 Å². The molecule has 1 fully saturated rings. The van der Waals surface area contributed by atoms with Crippen LogP contribution in [0.5, 0.6) is 0 Å². The number of hydrogen-bond donors (Lipinski definition) is 0. The topological polar surface area (TPSA) is 20.3 Å². The maximum atomic E-state index is 12.7. The second-order valence-electron chi connectivity index (χ2n) is 5.82. The number of nitrogens with zero attached hydrogens (tertiary/aromatic N) is 1. The van der Waals surface area contributed by atoms with Crippen molar-refractivity contribution in [2.75, 3.05) is 4.90 Å². The molecule has 1 saturated heterocycles. The molecule has 122 valence electrons. The molecule has 0 atom stereocenters. The van der Waals surface area contributed by atoms with Crippen LogP contribution in [-0.2, 0) is 4.79 Å². The van der Waals surface area contributed by atoms with Crippen LogP contribution in [0.4, 0.5) is 5.69 Å². The molecule has 5 heteroatoms. The molecule has 1 heterocycles. The summed E-state index contributed by atoms with van der Waals surface area (Å²) in [4.78, 5) is 14.9. The molecular formula is C19H16ClNOS2. The van der Waals surface area contributed by atoms with Crippen molar-refractivity contribution in [3.63, 3.8) is 0 Å². The third kappa shape index (κ3) is 3.56. The summed E-state index contributed by atoms with van der Waals surface area (Å²) in [5.41, 5.74) is 2.97. The van der Waals surface area contributed by atoms with E-state index in [1.54, 1.807) is 12.1 Å². The Balaban J connectivity index is 1.88. The molecule has 2 aromatic carbocycles. The Morgan fingerprint density at radius 2 is 1.88 bits per heavy atom. The Kier molecular flexibility index (Phi) is 5.09. The SMILES string of the molecule is CC(C)c1ccc(/C=C2\SC(=S)N(c3cccc(Cl)c3)C2=O)cc1. The van der Waals surface area contributed by atoms with E-state index in [-0.39, 0.29) is 5.91 Å². The monoisotopic (exact) mass is 373 g/mol. The van der Waals surface area contributed by atoms with Crippen LogP contribution >= 0.6 is 35.6 Å². The van der Waals surface area contributed by atoms with E-state index in [0.29, 0.717) is 25.9 Å². The molecule has 1 aliphatic rings. The largest absolute Gasteiger partial charge is 0.270 e. The van der Waals surface area contributed by atoms with Crippen LogP contribution in [0.2, 0.25) is 5.02 Å². The van der Waals surface area contributed by atoms with Crippen molar-refractivity contribution in [1.29, 1.82) is 0 Å². The summed E-state index contributed by atoms with van der Waals surface area (Å²) in [6, 6.07) is 15.4. The van der Waals surface area contributed by atoms with Gasteiger partial charge in [-0.2, -0.15) is 0 Å². The van der Waals surface area contributed by atoms with Gasteiger partial charge in [-0.15, -0.1) is 0 Å². The fourth-order valence-corrected chi connectivity index (χ4v) is 3.92. The molecule has 0 spiro atoms. The average molecular weight is 374 g/mol. The van der Waals surface area contributed by atoms with Crippen LogP contribution < -0.4 is 4.90 Å². The molecule has 1 aliphatic heterocycles. The number of rotatable bonds is 3.